The first-order valence-corrected chi connectivity index (χ1v) is 7.81. The molecule has 1 N–H and O–H groups in total. The Morgan fingerprint density at radius 1 is 1.33 bits per heavy atom. The second-order valence-electron chi connectivity index (χ2n) is 4.79. The Bertz CT molecular complexity index is 586. The van der Waals surface area contributed by atoms with Gasteiger partial charge in [-0.25, -0.2) is 4.39 Å². The average Bonchev–Trinajstić information content (AvgIpc) is 2.99. The average molecular weight is 306 g/mol. The number of carbonyl (C=O) groups is 1. The van der Waals surface area contributed by atoms with Crippen LogP contribution in [0.3, 0.4) is 0 Å². The van der Waals surface area contributed by atoms with Crippen molar-refractivity contribution < 1.29 is 9.18 Å². The lowest BCUT2D eigenvalue weighted by molar-refractivity contribution is -0.120. The number of thiophene rings is 1. The number of anilines is 1. The third-order valence-electron chi connectivity index (χ3n) is 3.40. The fraction of sp³-hybridized carbons (Fsp3) is 0.312. The number of halogens is 1. The molecule has 1 amide bonds. The standard InChI is InChI=1S/C16H19FN2OS/c1-3-19(11-13-7-6-10-21-13)12(2)16(20)18-15-9-5-4-8-14(15)17/h4-10,12H,3,11H2,1-2H3,(H,18,20)/t12-/m0/s1. The minimum Gasteiger partial charge on any atom is -0.322 e. The van der Waals surface area contributed by atoms with Crippen molar-refractivity contribution >= 4 is 22.9 Å². The molecule has 0 saturated heterocycles. The Morgan fingerprint density at radius 3 is 2.71 bits per heavy atom. The minimum atomic E-state index is -0.417. The van der Waals surface area contributed by atoms with Crippen LogP contribution in [0.2, 0.25) is 0 Å². The van der Waals surface area contributed by atoms with E-state index in [1.54, 1.807) is 29.5 Å². The number of likely N-dealkylation sites (N-methyl/N-ethyl adjacent to an activating group) is 1. The Balaban J connectivity index is 2.01. The first-order chi connectivity index (χ1) is 10.1. The van der Waals surface area contributed by atoms with Crippen molar-refractivity contribution in [2.75, 3.05) is 11.9 Å². The maximum Gasteiger partial charge on any atom is 0.241 e. The van der Waals surface area contributed by atoms with Gasteiger partial charge < -0.3 is 5.32 Å². The topological polar surface area (TPSA) is 32.3 Å². The fourth-order valence-corrected chi connectivity index (χ4v) is 2.82. The third-order valence-corrected chi connectivity index (χ3v) is 4.27. The summed E-state index contributed by atoms with van der Waals surface area (Å²) in [6.07, 6.45) is 0. The molecule has 2 rings (SSSR count). The normalized spacial score (nSPS) is 12.4. The number of carbonyl (C=O) groups excluding carboxylic acids is 1. The predicted molar refractivity (Wildman–Crippen MR) is 84.9 cm³/mol. The molecule has 0 bridgehead atoms. The van der Waals surface area contributed by atoms with E-state index < -0.39 is 5.82 Å². The van der Waals surface area contributed by atoms with Crippen LogP contribution < -0.4 is 5.32 Å². The van der Waals surface area contributed by atoms with Crippen molar-refractivity contribution in [1.29, 1.82) is 0 Å². The Labute approximate surface area is 128 Å². The van der Waals surface area contributed by atoms with E-state index in [-0.39, 0.29) is 17.6 Å². The molecule has 0 radical (unpaired) electrons. The van der Waals surface area contributed by atoms with Gasteiger partial charge in [0.25, 0.3) is 0 Å². The lowest BCUT2D eigenvalue weighted by Gasteiger charge is -2.26. The molecular weight excluding hydrogens is 287 g/mol. The molecule has 3 nitrogen and oxygen atoms in total. The van der Waals surface area contributed by atoms with Gasteiger partial charge in [0.15, 0.2) is 0 Å². The summed E-state index contributed by atoms with van der Waals surface area (Å²) in [4.78, 5) is 15.5. The van der Waals surface area contributed by atoms with Crippen LogP contribution in [-0.4, -0.2) is 23.4 Å². The Morgan fingerprint density at radius 2 is 2.10 bits per heavy atom. The van der Waals surface area contributed by atoms with Gasteiger partial charge in [-0.05, 0) is 37.0 Å². The highest BCUT2D eigenvalue weighted by molar-refractivity contribution is 7.09. The number of nitrogens with one attached hydrogen (secondary N) is 1. The first kappa shape index (κ1) is 15.7. The molecule has 1 aromatic heterocycles. The van der Waals surface area contributed by atoms with Crippen molar-refractivity contribution in [3.8, 4) is 0 Å². The highest BCUT2D eigenvalue weighted by Crippen LogP contribution is 2.16. The molecule has 0 fully saturated rings. The summed E-state index contributed by atoms with van der Waals surface area (Å²) in [5.41, 5.74) is 0.224. The quantitative estimate of drug-likeness (QED) is 0.882. The monoisotopic (exact) mass is 306 g/mol. The van der Waals surface area contributed by atoms with Gasteiger partial charge in [0.1, 0.15) is 5.82 Å². The number of para-hydroxylation sites is 1. The van der Waals surface area contributed by atoms with Crippen molar-refractivity contribution in [1.82, 2.24) is 4.90 Å². The van der Waals surface area contributed by atoms with Crippen LogP contribution in [0.1, 0.15) is 18.7 Å². The number of hydrogen-bond donors (Lipinski definition) is 1. The number of benzene rings is 1. The second-order valence-corrected chi connectivity index (χ2v) is 5.82. The molecule has 0 aliphatic rings. The summed E-state index contributed by atoms with van der Waals surface area (Å²) in [7, 11) is 0. The molecule has 2 aromatic rings. The van der Waals surface area contributed by atoms with Crippen LogP contribution in [0, 0.1) is 5.82 Å². The molecular formula is C16H19FN2OS. The molecule has 0 saturated carbocycles. The maximum absolute atomic E-state index is 13.6. The van der Waals surface area contributed by atoms with Gasteiger partial charge >= 0.3 is 0 Å². The number of hydrogen-bond acceptors (Lipinski definition) is 3. The molecule has 5 heteroatoms. The van der Waals surface area contributed by atoms with E-state index in [9.17, 15) is 9.18 Å². The zero-order valence-electron chi connectivity index (χ0n) is 12.2. The van der Waals surface area contributed by atoms with E-state index >= 15 is 0 Å². The molecule has 0 aliphatic heterocycles. The predicted octanol–water partition coefficient (Wildman–Crippen LogP) is 3.74. The lowest BCUT2D eigenvalue weighted by atomic mass is 10.2. The van der Waals surface area contributed by atoms with Crippen molar-refractivity contribution in [2.24, 2.45) is 0 Å². The van der Waals surface area contributed by atoms with Gasteiger partial charge in [-0.2, -0.15) is 0 Å². The van der Waals surface area contributed by atoms with Crippen molar-refractivity contribution in [3.63, 3.8) is 0 Å². The first-order valence-electron chi connectivity index (χ1n) is 6.93. The van der Waals surface area contributed by atoms with Gasteiger partial charge in [-0.15, -0.1) is 11.3 Å². The highest BCUT2D eigenvalue weighted by atomic mass is 32.1. The minimum absolute atomic E-state index is 0.196. The van der Waals surface area contributed by atoms with E-state index in [0.717, 1.165) is 13.1 Å². The van der Waals surface area contributed by atoms with E-state index in [1.807, 2.05) is 25.3 Å². The van der Waals surface area contributed by atoms with E-state index in [2.05, 4.69) is 16.3 Å². The highest BCUT2D eigenvalue weighted by Gasteiger charge is 2.21. The molecule has 1 atom stereocenters. The van der Waals surface area contributed by atoms with Crippen LogP contribution >= 0.6 is 11.3 Å². The van der Waals surface area contributed by atoms with Crippen LogP contribution in [0.25, 0.3) is 0 Å². The Hall–Kier alpha value is -1.72. The maximum atomic E-state index is 13.6. The Kier molecular flexibility index (Phi) is 5.47. The molecule has 0 aliphatic carbocycles. The van der Waals surface area contributed by atoms with Gasteiger partial charge in [0.2, 0.25) is 5.91 Å². The van der Waals surface area contributed by atoms with Gasteiger partial charge in [0, 0.05) is 11.4 Å². The van der Waals surface area contributed by atoms with E-state index in [0.29, 0.717) is 0 Å². The largest absolute Gasteiger partial charge is 0.322 e. The second kappa shape index (κ2) is 7.33. The molecule has 1 aromatic carbocycles. The van der Waals surface area contributed by atoms with Gasteiger partial charge in [-0.1, -0.05) is 25.1 Å². The summed E-state index contributed by atoms with van der Waals surface area (Å²) < 4.78 is 13.6. The van der Waals surface area contributed by atoms with Gasteiger partial charge in [0.05, 0.1) is 11.7 Å². The summed E-state index contributed by atoms with van der Waals surface area (Å²) in [5.74, 6) is -0.613. The van der Waals surface area contributed by atoms with Crippen molar-refractivity contribution in [3.05, 3.63) is 52.5 Å². The zero-order chi connectivity index (χ0) is 15.2. The van der Waals surface area contributed by atoms with Gasteiger partial charge in [-0.3, -0.25) is 9.69 Å². The van der Waals surface area contributed by atoms with E-state index in [4.69, 9.17) is 0 Å². The zero-order valence-corrected chi connectivity index (χ0v) is 13.0. The molecule has 0 unspecified atom stereocenters. The molecule has 112 valence electrons. The van der Waals surface area contributed by atoms with Crippen molar-refractivity contribution in [2.45, 2.75) is 26.4 Å². The summed E-state index contributed by atoms with van der Waals surface area (Å²) >= 11 is 1.67. The molecule has 1 heterocycles. The SMILES string of the molecule is CCN(Cc1cccs1)[C@@H](C)C(=O)Nc1ccccc1F. The summed E-state index contributed by atoms with van der Waals surface area (Å²) in [6.45, 7) is 5.33. The molecule has 21 heavy (non-hydrogen) atoms. The lowest BCUT2D eigenvalue weighted by Crippen LogP contribution is -2.41. The van der Waals surface area contributed by atoms with Crippen LogP contribution in [0.4, 0.5) is 10.1 Å². The number of rotatable bonds is 6. The smallest absolute Gasteiger partial charge is 0.241 e. The van der Waals surface area contributed by atoms with Crippen LogP contribution in [0.5, 0.6) is 0 Å². The van der Waals surface area contributed by atoms with Crippen LogP contribution in [-0.2, 0) is 11.3 Å². The summed E-state index contributed by atoms with van der Waals surface area (Å²) in [5, 5.41) is 4.67. The number of nitrogens with zero attached hydrogens (tertiary/aromatic N) is 1. The number of amides is 1. The fourth-order valence-electron chi connectivity index (χ4n) is 2.09. The molecule has 0 spiro atoms. The third kappa shape index (κ3) is 4.12. The summed E-state index contributed by atoms with van der Waals surface area (Å²) in [6, 6.07) is 9.93. The van der Waals surface area contributed by atoms with Crippen LogP contribution in [0.15, 0.2) is 41.8 Å². The van der Waals surface area contributed by atoms with E-state index in [1.165, 1.54) is 10.9 Å².